The third-order valence-electron chi connectivity index (χ3n) is 2.99. The van der Waals surface area contributed by atoms with Crippen molar-refractivity contribution in [3.8, 4) is 0 Å². The average molecular weight is 195 g/mol. The predicted octanol–water partition coefficient (Wildman–Crippen LogP) is 3.12. The molecule has 1 saturated carbocycles. The minimum atomic E-state index is 0.618. The number of thiophene rings is 1. The Morgan fingerprint density at radius 2 is 2.31 bits per heavy atom. The molecule has 1 heterocycles. The summed E-state index contributed by atoms with van der Waals surface area (Å²) in [6.45, 7) is 2.17. The van der Waals surface area contributed by atoms with Crippen molar-refractivity contribution in [1.29, 1.82) is 0 Å². The molecule has 1 fully saturated rings. The molecule has 0 saturated heterocycles. The summed E-state index contributed by atoms with van der Waals surface area (Å²) in [4.78, 5) is 1.52. The molecule has 0 bridgehead atoms. The van der Waals surface area contributed by atoms with Gasteiger partial charge in [0.15, 0.2) is 0 Å². The Hall–Kier alpha value is -0.340. The van der Waals surface area contributed by atoms with E-state index in [1.807, 2.05) is 11.3 Å². The number of aryl methyl sites for hydroxylation is 1. The molecule has 1 aromatic heterocycles. The fourth-order valence-electron chi connectivity index (χ4n) is 2.00. The Labute approximate surface area is 84.2 Å². The van der Waals surface area contributed by atoms with E-state index < -0.39 is 0 Å². The maximum Gasteiger partial charge on any atom is 0.0441 e. The summed E-state index contributed by atoms with van der Waals surface area (Å²) >= 11 is 1.90. The number of hydrogen-bond acceptors (Lipinski definition) is 2. The second-order valence-corrected chi connectivity index (χ2v) is 4.93. The molecule has 13 heavy (non-hydrogen) atoms. The molecule has 72 valence electrons. The van der Waals surface area contributed by atoms with Gasteiger partial charge < -0.3 is 5.32 Å². The quantitative estimate of drug-likeness (QED) is 0.781. The van der Waals surface area contributed by atoms with E-state index in [4.69, 9.17) is 0 Å². The lowest BCUT2D eigenvalue weighted by atomic mass is 9.79. The SMILES string of the molecule is CNC(c1cc(C)cs1)C1CCC1. The topological polar surface area (TPSA) is 12.0 Å². The van der Waals surface area contributed by atoms with Crippen LogP contribution in [0.25, 0.3) is 0 Å². The van der Waals surface area contributed by atoms with Crippen LogP contribution in [0, 0.1) is 12.8 Å². The number of rotatable bonds is 3. The smallest absolute Gasteiger partial charge is 0.0441 e. The zero-order valence-electron chi connectivity index (χ0n) is 8.34. The Morgan fingerprint density at radius 1 is 1.54 bits per heavy atom. The zero-order chi connectivity index (χ0) is 9.26. The van der Waals surface area contributed by atoms with Gasteiger partial charge in [0.1, 0.15) is 0 Å². The standard InChI is InChI=1S/C11H17NS/c1-8-6-10(13-7-8)11(12-2)9-4-3-5-9/h6-7,9,11-12H,3-5H2,1-2H3. The van der Waals surface area contributed by atoms with Crippen molar-refractivity contribution >= 4 is 11.3 Å². The Morgan fingerprint density at radius 3 is 2.69 bits per heavy atom. The molecule has 1 aliphatic carbocycles. The van der Waals surface area contributed by atoms with Gasteiger partial charge in [-0.3, -0.25) is 0 Å². The molecule has 0 spiro atoms. The minimum Gasteiger partial charge on any atom is -0.312 e. The fraction of sp³-hybridized carbons (Fsp3) is 0.636. The van der Waals surface area contributed by atoms with Gasteiger partial charge in [-0.2, -0.15) is 0 Å². The lowest BCUT2D eigenvalue weighted by Crippen LogP contribution is -2.29. The molecule has 1 aromatic rings. The molecular weight excluding hydrogens is 178 g/mol. The minimum absolute atomic E-state index is 0.618. The molecule has 2 rings (SSSR count). The fourth-order valence-corrected chi connectivity index (χ4v) is 3.10. The molecule has 1 N–H and O–H groups in total. The summed E-state index contributed by atoms with van der Waals surface area (Å²) in [5, 5.41) is 5.69. The summed E-state index contributed by atoms with van der Waals surface area (Å²) < 4.78 is 0. The van der Waals surface area contributed by atoms with Crippen LogP contribution < -0.4 is 5.32 Å². The first-order valence-corrected chi connectivity index (χ1v) is 5.91. The molecule has 1 atom stereocenters. The highest BCUT2D eigenvalue weighted by atomic mass is 32.1. The zero-order valence-corrected chi connectivity index (χ0v) is 9.16. The summed E-state index contributed by atoms with van der Waals surface area (Å²) in [6.07, 6.45) is 4.23. The van der Waals surface area contributed by atoms with Crippen LogP contribution >= 0.6 is 11.3 Å². The Balaban J connectivity index is 2.11. The van der Waals surface area contributed by atoms with Gasteiger partial charge in [-0.15, -0.1) is 11.3 Å². The van der Waals surface area contributed by atoms with Gasteiger partial charge >= 0.3 is 0 Å². The molecule has 1 aliphatic rings. The Bertz CT molecular complexity index is 275. The van der Waals surface area contributed by atoms with Gasteiger partial charge in [-0.1, -0.05) is 6.42 Å². The van der Waals surface area contributed by atoms with Crippen molar-refractivity contribution in [1.82, 2.24) is 5.32 Å². The highest BCUT2D eigenvalue weighted by molar-refractivity contribution is 7.10. The summed E-state index contributed by atoms with van der Waals surface area (Å²) in [5.41, 5.74) is 1.40. The van der Waals surface area contributed by atoms with Gasteiger partial charge in [-0.25, -0.2) is 0 Å². The van der Waals surface area contributed by atoms with E-state index in [0.717, 1.165) is 5.92 Å². The normalized spacial score (nSPS) is 19.8. The largest absolute Gasteiger partial charge is 0.312 e. The van der Waals surface area contributed by atoms with Crippen LogP contribution in [0.3, 0.4) is 0 Å². The number of nitrogens with one attached hydrogen (secondary N) is 1. The van der Waals surface area contributed by atoms with Crippen molar-refractivity contribution in [2.75, 3.05) is 7.05 Å². The van der Waals surface area contributed by atoms with Crippen LogP contribution in [0.1, 0.15) is 35.7 Å². The van der Waals surface area contributed by atoms with Gasteiger partial charge in [0, 0.05) is 10.9 Å². The molecule has 0 aromatic carbocycles. The Kier molecular flexibility index (Phi) is 2.70. The maximum atomic E-state index is 3.44. The van der Waals surface area contributed by atoms with E-state index in [1.54, 1.807) is 0 Å². The first-order chi connectivity index (χ1) is 6.31. The maximum absolute atomic E-state index is 3.44. The van der Waals surface area contributed by atoms with Crippen LogP contribution in [-0.4, -0.2) is 7.05 Å². The molecule has 0 aliphatic heterocycles. The molecule has 1 unspecified atom stereocenters. The summed E-state index contributed by atoms with van der Waals surface area (Å²) in [5.74, 6) is 0.892. The average Bonchev–Trinajstić information content (AvgIpc) is 2.43. The van der Waals surface area contributed by atoms with Gasteiger partial charge in [0.2, 0.25) is 0 Å². The van der Waals surface area contributed by atoms with Crippen molar-refractivity contribution in [2.45, 2.75) is 32.2 Å². The van der Waals surface area contributed by atoms with E-state index in [2.05, 4.69) is 30.7 Å². The van der Waals surface area contributed by atoms with Crippen LogP contribution in [-0.2, 0) is 0 Å². The van der Waals surface area contributed by atoms with Gasteiger partial charge in [0.05, 0.1) is 0 Å². The van der Waals surface area contributed by atoms with E-state index in [1.165, 1.54) is 29.7 Å². The third kappa shape index (κ3) is 1.79. The molecular formula is C11H17NS. The van der Waals surface area contributed by atoms with Crippen molar-refractivity contribution < 1.29 is 0 Å². The lowest BCUT2D eigenvalue weighted by molar-refractivity contribution is 0.242. The van der Waals surface area contributed by atoms with Crippen molar-refractivity contribution in [3.63, 3.8) is 0 Å². The van der Waals surface area contributed by atoms with Crippen LogP contribution in [0.15, 0.2) is 11.4 Å². The molecule has 0 radical (unpaired) electrons. The lowest BCUT2D eigenvalue weighted by Gasteiger charge is -2.32. The van der Waals surface area contributed by atoms with Gasteiger partial charge in [-0.05, 0) is 49.7 Å². The van der Waals surface area contributed by atoms with E-state index in [9.17, 15) is 0 Å². The summed E-state index contributed by atoms with van der Waals surface area (Å²) in [6, 6.07) is 2.94. The van der Waals surface area contributed by atoms with Crippen LogP contribution in [0.4, 0.5) is 0 Å². The monoisotopic (exact) mass is 195 g/mol. The highest BCUT2D eigenvalue weighted by Gasteiger charge is 2.27. The first-order valence-electron chi connectivity index (χ1n) is 5.03. The van der Waals surface area contributed by atoms with Crippen LogP contribution in [0.2, 0.25) is 0 Å². The van der Waals surface area contributed by atoms with Crippen molar-refractivity contribution in [3.05, 3.63) is 21.9 Å². The molecule has 0 amide bonds. The second-order valence-electron chi connectivity index (χ2n) is 3.98. The number of hydrogen-bond donors (Lipinski definition) is 1. The molecule has 1 nitrogen and oxygen atoms in total. The summed E-state index contributed by atoms with van der Waals surface area (Å²) in [7, 11) is 2.08. The van der Waals surface area contributed by atoms with Crippen molar-refractivity contribution in [2.24, 2.45) is 5.92 Å². The first kappa shape index (κ1) is 9.22. The predicted molar refractivity (Wildman–Crippen MR) is 58.2 cm³/mol. The second kappa shape index (κ2) is 3.81. The molecule has 2 heteroatoms. The van der Waals surface area contributed by atoms with E-state index in [0.29, 0.717) is 6.04 Å². The highest BCUT2D eigenvalue weighted by Crippen LogP contribution is 2.39. The van der Waals surface area contributed by atoms with E-state index in [-0.39, 0.29) is 0 Å². The van der Waals surface area contributed by atoms with E-state index >= 15 is 0 Å². The van der Waals surface area contributed by atoms with Crippen LogP contribution in [0.5, 0.6) is 0 Å². The van der Waals surface area contributed by atoms with Gasteiger partial charge in [0.25, 0.3) is 0 Å². The third-order valence-corrected chi connectivity index (χ3v) is 4.12.